The monoisotopic (exact) mass is 479 g/mol. The lowest BCUT2D eigenvalue weighted by Gasteiger charge is -2.31. The molecule has 4 aromatic rings. The third-order valence-electron chi connectivity index (χ3n) is 6.05. The normalized spacial score (nSPS) is 11.7. The quantitative estimate of drug-likeness (QED) is 0.278. The van der Waals surface area contributed by atoms with E-state index < -0.39 is 12.0 Å². The standard InChI is InChI=1S/C31H29NO4/c33-30(34)28-19-11-10-18-27(28)20-29(31(35)36-23-26-16-8-3-9-17-26)32(21-24-12-4-1-5-13-24)22-25-14-6-2-7-15-25/h1-19,29H,20-23H2,(H,33,34)/t29-/m0/s1. The van der Waals surface area contributed by atoms with E-state index in [1.807, 2.05) is 91.0 Å². The Labute approximate surface area is 211 Å². The predicted molar refractivity (Wildman–Crippen MR) is 139 cm³/mol. The van der Waals surface area contributed by atoms with Crippen molar-refractivity contribution in [1.29, 1.82) is 0 Å². The first kappa shape index (κ1) is 24.9. The Hall–Kier alpha value is -4.22. The lowest BCUT2D eigenvalue weighted by molar-refractivity contribution is -0.152. The van der Waals surface area contributed by atoms with E-state index in [2.05, 4.69) is 4.90 Å². The Balaban J connectivity index is 1.67. The lowest BCUT2D eigenvalue weighted by atomic mass is 9.98. The van der Waals surface area contributed by atoms with E-state index in [4.69, 9.17) is 4.74 Å². The summed E-state index contributed by atoms with van der Waals surface area (Å²) in [5.41, 5.74) is 3.80. The van der Waals surface area contributed by atoms with Gasteiger partial charge in [0.25, 0.3) is 0 Å². The molecule has 0 bridgehead atoms. The van der Waals surface area contributed by atoms with Gasteiger partial charge >= 0.3 is 11.9 Å². The summed E-state index contributed by atoms with van der Waals surface area (Å²) >= 11 is 0. The number of carboxylic acids is 1. The summed E-state index contributed by atoms with van der Waals surface area (Å²) in [6.07, 6.45) is 0.218. The average molecular weight is 480 g/mol. The van der Waals surface area contributed by atoms with Crippen LogP contribution in [0.3, 0.4) is 0 Å². The Kier molecular flexibility index (Phi) is 8.62. The van der Waals surface area contributed by atoms with Crippen molar-refractivity contribution in [3.63, 3.8) is 0 Å². The van der Waals surface area contributed by atoms with Gasteiger partial charge in [0.15, 0.2) is 0 Å². The summed E-state index contributed by atoms with van der Waals surface area (Å²) in [7, 11) is 0. The van der Waals surface area contributed by atoms with Crippen LogP contribution >= 0.6 is 0 Å². The number of aromatic carboxylic acids is 1. The van der Waals surface area contributed by atoms with Gasteiger partial charge in [0, 0.05) is 13.1 Å². The van der Waals surface area contributed by atoms with Crippen molar-refractivity contribution in [1.82, 2.24) is 4.90 Å². The molecule has 5 nitrogen and oxygen atoms in total. The molecule has 0 amide bonds. The molecule has 4 rings (SSSR count). The molecule has 182 valence electrons. The molecule has 0 unspecified atom stereocenters. The maximum Gasteiger partial charge on any atom is 0.335 e. The highest BCUT2D eigenvalue weighted by atomic mass is 16.5. The van der Waals surface area contributed by atoms with Crippen molar-refractivity contribution in [2.45, 2.75) is 32.2 Å². The second-order valence-corrected chi connectivity index (χ2v) is 8.65. The second-order valence-electron chi connectivity index (χ2n) is 8.65. The zero-order chi connectivity index (χ0) is 25.2. The van der Waals surface area contributed by atoms with E-state index >= 15 is 0 Å². The van der Waals surface area contributed by atoms with Crippen molar-refractivity contribution in [3.05, 3.63) is 143 Å². The summed E-state index contributed by atoms with van der Waals surface area (Å²) < 4.78 is 5.79. The van der Waals surface area contributed by atoms with E-state index in [9.17, 15) is 14.7 Å². The zero-order valence-electron chi connectivity index (χ0n) is 20.0. The van der Waals surface area contributed by atoms with Gasteiger partial charge in [-0.2, -0.15) is 0 Å². The molecule has 0 aromatic heterocycles. The molecule has 1 N–H and O–H groups in total. The molecule has 0 spiro atoms. The van der Waals surface area contributed by atoms with Crippen LogP contribution in [-0.2, 0) is 35.6 Å². The maximum absolute atomic E-state index is 13.6. The van der Waals surface area contributed by atoms with Crippen molar-refractivity contribution < 1.29 is 19.4 Å². The van der Waals surface area contributed by atoms with Crippen molar-refractivity contribution >= 4 is 11.9 Å². The minimum atomic E-state index is -1.01. The second kappa shape index (κ2) is 12.5. The molecule has 0 aliphatic carbocycles. The highest BCUT2D eigenvalue weighted by molar-refractivity contribution is 5.89. The van der Waals surface area contributed by atoms with Crippen LogP contribution < -0.4 is 0 Å². The summed E-state index contributed by atoms with van der Waals surface area (Å²) in [6, 6.07) is 35.6. The fourth-order valence-electron chi connectivity index (χ4n) is 4.21. The Bertz CT molecular complexity index is 1220. The Morgan fingerprint density at radius 1 is 0.667 bits per heavy atom. The SMILES string of the molecule is O=C(O)c1ccccc1C[C@@H](C(=O)OCc1ccccc1)N(Cc1ccccc1)Cc1ccccc1. The van der Waals surface area contributed by atoms with Gasteiger partial charge in [0.2, 0.25) is 0 Å². The number of ether oxygens (including phenoxy) is 1. The van der Waals surface area contributed by atoms with Crippen LogP contribution in [0.5, 0.6) is 0 Å². The number of nitrogens with zero attached hydrogens (tertiary/aromatic N) is 1. The van der Waals surface area contributed by atoms with Crippen LogP contribution in [0.1, 0.15) is 32.6 Å². The molecular weight excluding hydrogens is 450 g/mol. The minimum absolute atomic E-state index is 0.154. The minimum Gasteiger partial charge on any atom is -0.478 e. The zero-order valence-corrected chi connectivity index (χ0v) is 20.0. The highest BCUT2D eigenvalue weighted by Crippen LogP contribution is 2.21. The molecule has 0 saturated heterocycles. The van der Waals surface area contributed by atoms with Crippen molar-refractivity contribution in [2.24, 2.45) is 0 Å². The summed E-state index contributed by atoms with van der Waals surface area (Å²) in [5.74, 6) is -1.40. The molecule has 0 aliphatic rings. The first-order chi connectivity index (χ1) is 17.6. The van der Waals surface area contributed by atoms with Crippen LogP contribution in [0.25, 0.3) is 0 Å². The molecule has 0 saturated carbocycles. The number of esters is 1. The van der Waals surface area contributed by atoms with Crippen LogP contribution in [0, 0.1) is 0 Å². The number of hydrogen-bond acceptors (Lipinski definition) is 4. The van der Waals surface area contributed by atoms with E-state index in [1.165, 1.54) is 0 Å². The predicted octanol–water partition coefficient (Wildman–Crippen LogP) is 5.74. The molecule has 0 radical (unpaired) electrons. The van der Waals surface area contributed by atoms with Gasteiger partial charge in [-0.25, -0.2) is 4.79 Å². The first-order valence-electron chi connectivity index (χ1n) is 11.9. The number of hydrogen-bond donors (Lipinski definition) is 1. The third kappa shape index (κ3) is 6.90. The van der Waals surface area contributed by atoms with Gasteiger partial charge in [-0.1, -0.05) is 109 Å². The number of rotatable bonds is 11. The Morgan fingerprint density at radius 2 is 1.14 bits per heavy atom. The average Bonchev–Trinajstić information content (AvgIpc) is 2.92. The Morgan fingerprint density at radius 3 is 1.67 bits per heavy atom. The summed E-state index contributed by atoms with van der Waals surface area (Å²) in [4.78, 5) is 27.6. The van der Waals surface area contributed by atoms with Gasteiger partial charge in [-0.05, 0) is 34.7 Å². The van der Waals surface area contributed by atoms with Crippen LogP contribution in [0.2, 0.25) is 0 Å². The number of benzene rings is 4. The lowest BCUT2D eigenvalue weighted by Crippen LogP contribution is -2.43. The van der Waals surface area contributed by atoms with E-state index in [1.54, 1.807) is 24.3 Å². The molecule has 36 heavy (non-hydrogen) atoms. The van der Waals surface area contributed by atoms with Crippen molar-refractivity contribution in [2.75, 3.05) is 0 Å². The van der Waals surface area contributed by atoms with Crippen LogP contribution in [0.4, 0.5) is 0 Å². The van der Waals surface area contributed by atoms with E-state index in [0.717, 1.165) is 16.7 Å². The first-order valence-corrected chi connectivity index (χ1v) is 11.9. The molecule has 0 aliphatic heterocycles. The van der Waals surface area contributed by atoms with Gasteiger partial charge in [0.1, 0.15) is 12.6 Å². The highest BCUT2D eigenvalue weighted by Gasteiger charge is 2.29. The van der Waals surface area contributed by atoms with Crippen molar-refractivity contribution in [3.8, 4) is 0 Å². The topological polar surface area (TPSA) is 66.8 Å². The third-order valence-corrected chi connectivity index (χ3v) is 6.05. The van der Waals surface area contributed by atoms with Gasteiger partial charge < -0.3 is 9.84 Å². The molecule has 0 fully saturated rings. The molecule has 0 heterocycles. The van der Waals surface area contributed by atoms with E-state index in [0.29, 0.717) is 18.7 Å². The fourth-order valence-corrected chi connectivity index (χ4v) is 4.21. The molecular formula is C31H29NO4. The van der Waals surface area contributed by atoms with Gasteiger partial charge in [0.05, 0.1) is 5.56 Å². The van der Waals surface area contributed by atoms with Crippen LogP contribution in [0.15, 0.2) is 115 Å². The summed E-state index contributed by atoms with van der Waals surface area (Å²) in [6.45, 7) is 1.17. The fraction of sp³-hybridized carbons (Fsp3) is 0.161. The molecule has 1 atom stereocenters. The molecule has 4 aromatic carbocycles. The number of carboxylic acid groups (broad SMARTS) is 1. The maximum atomic E-state index is 13.6. The number of carbonyl (C=O) groups excluding carboxylic acids is 1. The van der Waals surface area contributed by atoms with E-state index in [-0.39, 0.29) is 24.6 Å². The smallest absolute Gasteiger partial charge is 0.335 e. The number of carbonyl (C=O) groups is 2. The van der Waals surface area contributed by atoms with Gasteiger partial charge in [-0.15, -0.1) is 0 Å². The van der Waals surface area contributed by atoms with Crippen LogP contribution in [-0.4, -0.2) is 28.0 Å². The van der Waals surface area contributed by atoms with Gasteiger partial charge in [-0.3, -0.25) is 9.69 Å². The summed E-state index contributed by atoms with van der Waals surface area (Å²) in [5, 5.41) is 9.75. The largest absolute Gasteiger partial charge is 0.478 e. The molecule has 5 heteroatoms.